The number of oxazole rings is 1. The van der Waals surface area contributed by atoms with Gasteiger partial charge in [-0.3, -0.25) is 4.99 Å². The molecule has 3 rings (SSSR count). The zero-order valence-electron chi connectivity index (χ0n) is 18.4. The van der Waals surface area contributed by atoms with Crippen molar-refractivity contribution >= 4 is 5.96 Å². The van der Waals surface area contributed by atoms with Gasteiger partial charge < -0.3 is 24.5 Å². The van der Waals surface area contributed by atoms with Crippen LogP contribution in [-0.2, 0) is 13.0 Å². The summed E-state index contributed by atoms with van der Waals surface area (Å²) in [6.07, 6.45) is 3.56. The summed E-state index contributed by atoms with van der Waals surface area (Å²) < 4.78 is 16.6. The molecule has 0 radical (unpaired) electrons. The lowest BCUT2D eigenvalue weighted by molar-refractivity contribution is 0.310. The summed E-state index contributed by atoms with van der Waals surface area (Å²) in [5.74, 6) is 2.90. The molecule has 0 unspecified atom stereocenters. The largest absolute Gasteiger partial charge is 0.493 e. The fourth-order valence-corrected chi connectivity index (χ4v) is 3.14. The number of hydrogen-bond acceptors (Lipinski definition) is 5. The molecule has 2 N–H and O–H groups in total. The molecule has 1 heterocycles. The molecule has 0 bridgehead atoms. The van der Waals surface area contributed by atoms with E-state index >= 15 is 0 Å². The number of aliphatic imine (C=N–C) groups is 1. The third-order valence-corrected chi connectivity index (χ3v) is 4.70. The van der Waals surface area contributed by atoms with E-state index in [2.05, 4.69) is 26.7 Å². The maximum Gasteiger partial charge on any atom is 0.226 e. The van der Waals surface area contributed by atoms with Crippen LogP contribution in [0.2, 0.25) is 0 Å². The molecule has 0 saturated carbocycles. The second-order valence-corrected chi connectivity index (χ2v) is 6.88. The van der Waals surface area contributed by atoms with Gasteiger partial charge in [0.05, 0.1) is 26.0 Å². The lowest BCUT2D eigenvalue weighted by Crippen LogP contribution is -2.37. The number of ether oxygens (including phenoxy) is 2. The molecule has 0 aliphatic carbocycles. The zero-order valence-corrected chi connectivity index (χ0v) is 18.4. The first-order valence-electron chi connectivity index (χ1n) is 10.5. The van der Waals surface area contributed by atoms with Crippen LogP contribution in [0.15, 0.2) is 64.2 Å². The number of nitrogens with one attached hydrogen (secondary N) is 2. The van der Waals surface area contributed by atoms with E-state index in [-0.39, 0.29) is 0 Å². The Bertz CT molecular complexity index is 970. The monoisotopic (exact) mass is 422 g/mol. The lowest BCUT2D eigenvalue weighted by Gasteiger charge is -2.12. The summed E-state index contributed by atoms with van der Waals surface area (Å²) >= 11 is 0. The molecule has 0 saturated heterocycles. The number of nitrogens with zero attached hydrogens (tertiary/aromatic N) is 2. The first-order chi connectivity index (χ1) is 15.2. The van der Waals surface area contributed by atoms with Crippen molar-refractivity contribution < 1.29 is 13.9 Å². The van der Waals surface area contributed by atoms with Gasteiger partial charge in [0.25, 0.3) is 0 Å². The first kappa shape index (κ1) is 22.2. The van der Waals surface area contributed by atoms with Crippen LogP contribution < -0.4 is 20.1 Å². The van der Waals surface area contributed by atoms with Crippen molar-refractivity contribution in [1.29, 1.82) is 0 Å². The van der Waals surface area contributed by atoms with Crippen LogP contribution in [0, 0.1) is 0 Å². The predicted octanol–water partition coefficient (Wildman–Crippen LogP) is 4.05. The maximum atomic E-state index is 5.65. The average molecular weight is 423 g/mol. The number of methoxy groups -OCH3 is 1. The quantitative estimate of drug-likeness (QED) is 0.292. The third kappa shape index (κ3) is 6.50. The van der Waals surface area contributed by atoms with Crippen molar-refractivity contribution in [2.45, 2.75) is 26.3 Å². The van der Waals surface area contributed by atoms with Crippen LogP contribution in [-0.4, -0.2) is 38.3 Å². The number of aromatic nitrogens is 1. The highest BCUT2D eigenvalue weighted by Gasteiger charge is 2.08. The summed E-state index contributed by atoms with van der Waals surface area (Å²) in [5, 5.41) is 6.61. The third-order valence-electron chi connectivity index (χ3n) is 4.70. The van der Waals surface area contributed by atoms with E-state index in [9.17, 15) is 0 Å². The minimum absolute atomic E-state index is 0.534. The molecule has 0 fully saturated rings. The molecule has 1 aromatic heterocycles. The molecule has 0 atom stereocenters. The number of guanidine groups is 1. The van der Waals surface area contributed by atoms with Gasteiger partial charge in [0.15, 0.2) is 17.5 Å². The molecule has 0 aliphatic rings. The number of benzene rings is 2. The van der Waals surface area contributed by atoms with Crippen LogP contribution >= 0.6 is 0 Å². The van der Waals surface area contributed by atoms with Gasteiger partial charge in [-0.25, -0.2) is 4.98 Å². The molecule has 0 aliphatic heterocycles. The second kappa shape index (κ2) is 11.6. The van der Waals surface area contributed by atoms with Crippen molar-refractivity contribution in [2.24, 2.45) is 4.99 Å². The van der Waals surface area contributed by atoms with E-state index in [0.29, 0.717) is 19.0 Å². The Morgan fingerprint density at radius 1 is 1.10 bits per heavy atom. The van der Waals surface area contributed by atoms with Gasteiger partial charge in [-0.15, -0.1) is 0 Å². The van der Waals surface area contributed by atoms with Gasteiger partial charge in [0, 0.05) is 19.2 Å². The molecule has 0 amide bonds. The molecule has 2 aromatic carbocycles. The van der Waals surface area contributed by atoms with Gasteiger partial charge in [-0.05, 0) is 49.6 Å². The Hall–Kier alpha value is -3.48. The summed E-state index contributed by atoms with van der Waals surface area (Å²) in [7, 11) is 3.41. The second-order valence-electron chi connectivity index (χ2n) is 6.88. The molecular formula is C24H30N4O3. The minimum Gasteiger partial charge on any atom is -0.493 e. The Morgan fingerprint density at radius 2 is 1.94 bits per heavy atom. The first-order valence-corrected chi connectivity index (χ1v) is 10.5. The summed E-state index contributed by atoms with van der Waals surface area (Å²) in [5.41, 5.74) is 3.00. The topological polar surface area (TPSA) is 80.9 Å². The van der Waals surface area contributed by atoms with Gasteiger partial charge in [-0.2, -0.15) is 0 Å². The number of aryl methyl sites for hydroxylation is 1. The van der Waals surface area contributed by atoms with Gasteiger partial charge in [0.1, 0.15) is 6.26 Å². The fourth-order valence-electron chi connectivity index (χ4n) is 3.14. The van der Waals surface area contributed by atoms with E-state index in [1.807, 2.05) is 49.4 Å². The van der Waals surface area contributed by atoms with Gasteiger partial charge >= 0.3 is 0 Å². The summed E-state index contributed by atoms with van der Waals surface area (Å²) in [4.78, 5) is 8.80. The molecule has 3 aromatic rings. The Labute approximate surface area is 183 Å². The molecule has 31 heavy (non-hydrogen) atoms. The molecular weight excluding hydrogens is 392 g/mol. The maximum absolute atomic E-state index is 5.65. The van der Waals surface area contributed by atoms with Crippen LogP contribution in [0.5, 0.6) is 11.5 Å². The van der Waals surface area contributed by atoms with Crippen LogP contribution in [0.1, 0.15) is 24.6 Å². The fraction of sp³-hybridized carbons (Fsp3) is 0.333. The van der Waals surface area contributed by atoms with Gasteiger partial charge in [-0.1, -0.05) is 24.3 Å². The summed E-state index contributed by atoms with van der Waals surface area (Å²) in [6, 6.07) is 15.9. The highest BCUT2D eigenvalue weighted by molar-refractivity contribution is 5.79. The van der Waals surface area contributed by atoms with E-state index in [1.54, 1.807) is 20.4 Å². The lowest BCUT2D eigenvalue weighted by atomic mass is 10.1. The van der Waals surface area contributed by atoms with Crippen molar-refractivity contribution in [3.63, 3.8) is 0 Å². The smallest absolute Gasteiger partial charge is 0.226 e. The Kier molecular flexibility index (Phi) is 8.34. The van der Waals surface area contributed by atoms with Gasteiger partial charge in [0.2, 0.25) is 5.89 Å². The Balaban J connectivity index is 1.43. The standard InChI is InChI=1S/C24H30N4O3/c1-4-30-22-15-18(12-13-21(22)29-3)9-8-14-26-24(25-2)27-16-20-17-31-23(28-20)19-10-6-5-7-11-19/h5-7,10-13,15,17H,4,8-9,14,16H2,1-3H3,(H2,25,26,27). The van der Waals surface area contributed by atoms with Crippen molar-refractivity contribution in [1.82, 2.24) is 15.6 Å². The SMILES string of the molecule is CCOc1cc(CCCNC(=NC)NCc2coc(-c3ccccc3)n2)ccc1OC. The van der Waals surface area contributed by atoms with E-state index in [4.69, 9.17) is 13.9 Å². The van der Waals surface area contributed by atoms with Crippen molar-refractivity contribution in [2.75, 3.05) is 27.3 Å². The summed E-state index contributed by atoms with van der Waals surface area (Å²) in [6.45, 7) is 3.91. The highest BCUT2D eigenvalue weighted by atomic mass is 16.5. The van der Waals surface area contributed by atoms with Crippen LogP contribution in [0.25, 0.3) is 11.5 Å². The van der Waals surface area contributed by atoms with Crippen LogP contribution in [0.4, 0.5) is 0 Å². The van der Waals surface area contributed by atoms with E-state index in [0.717, 1.165) is 48.1 Å². The number of rotatable bonds is 10. The zero-order chi connectivity index (χ0) is 21.9. The molecule has 7 nitrogen and oxygen atoms in total. The normalized spacial score (nSPS) is 11.3. The predicted molar refractivity (Wildman–Crippen MR) is 123 cm³/mol. The van der Waals surface area contributed by atoms with E-state index in [1.165, 1.54) is 5.56 Å². The molecule has 0 spiro atoms. The molecule has 164 valence electrons. The van der Waals surface area contributed by atoms with Crippen molar-refractivity contribution in [3.8, 4) is 23.0 Å². The Morgan fingerprint density at radius 3 is 2.68 bits per heavy atom. The average Bonchev–Trinajstić information content (AvgIpc) is 3.29. The van der Waals surface area contributed by atoms with Crippen molar-refractivity contribution in [3.05, 3.63) is 66.1 Å². The van der Waals surface area contributed by atoms with Crippen LogP contribution in [0.3, 0.4) is 0 Å². The van der Waals surface area contributed by atoms with E-state index < -0.39 is 0 Å². The minimum atomic E-state index is 0.534. The highest BCUT2D eigenvalue weighted by Crippen LogP contribution is 2.28. The molecule has 7 heteroatoms. The number of hydrogen-bond donors (Lipinski definition) is 2.